The van der Waals surface area contributed by atoms with E-state index in [4.69, 9.17) is 0 Å². The number of nitrogens with one attached hydrogen (secondary N) is 1. The number of aryl methyl sites for hydroxylation is 1. The lowest BCUT2D eigenvalue weighted by Gasteiger charge is -2.30. The van der Waals surface area contributed by atoms with Crippen molar-refractivity contribution >= 4 is 46.6 Å². The van der Waals surface area contributed by atoms with Crippen LogP contribution in [-0.2, 0) is 0 Å². The molecule has 1 N–H and O–H groups in total. The van der Waals surface area contributed by atoms with E-state index >= 15 is 0 Å². The van der Waals surface area contributed by atoms with Crippen molar-refractivity contribution in [1.29, 1.82) is 0 Å². The summed E-state index contributed by atoms with van der Waals surface area (Å²) in [7, 11) is -2.82. The number of thioether (sulfide) groups is 1. The second-order valence-corrected chi connectivity index (χ2v) is 13.7. The van der Waals surface area contributed by atoms with Crippen LogP contribution in [0.1, 0.15) is 26.3 Å². The van der Waals surface area contributed by atoms with Gasteiger partial charge in [-0.2, -0.15) is 0 Å². The van der Waals surface area contributed by atoms with Gasteiger partial charge in [0, 0.05) is 11.1 Å². The van der Waals surface area contributed by atoms with Gasteiger partial charge in [-0.25, -0.2) is 0 Å². The molecular weight excluding hydrogens is 541 g/mol. The van der Waals surface area contributed by atoms with E-state index in [2.05, 4.69) is 41.7 Å². The van der Waals surface area contributed by atoms with Crippen LogP contribution in [0.3, 0.4) is 0 Å². The van der Waals surface area contributed by atoms with Crippen LogP contribution in [0.4, 0.5) is 0 Å². The van der Waals surface area contributed by atoms with E-state index in [1.54, 1.807) is 0 Å². The van der Waals surface area contributed by atoms with Crippen molar-refractivity contribution < 1.29 is 9.59 Å². The van der Waals surface area contributed by atoms with Crippen molar-refractivity contribution in [2.24, 2.45) is 0 Å². The monoisotopic (exact) mass is 572 g/mol. The molecule has 0 radical (unpaired) electrons. The summed E-state index contributed by atoms with van der Waals surface area (Å²) in [6, 6.07) is 47.5. The molecule has 0 heterocycles. The predicted octanol–water partition coefficient (Wildman–Crippen LogP) is 7.13. The topological polar surface area (TPSA) is 46.2 Å². The van der Waals surface area contributed by atoms with Gasteiger partial charge in [0.2, 0.25) is 5.78 Å². The first-order valence-electron chi connectivity index (χ1n) is 13.4. The first kappa shape index (κ1) is 28.3. The Morgan fingerprint density at radius 1 is 0.561 bits per heavy atom. The summed E-state index contributed by atoms with van der Waals surface area (Å²) < 4.78 is 0. The van der Waals surface area contributed by atoms with Gasteiger partial charge in [-0.1, -0.05) is 103 Å². The minimum atomic E-state index is -2.82. The average Bonchev–Trinajstić information content (AvgIpc) is 3.04. The first-order valence-corrected chi connectivity index (χ1v) is 16.4. The zero-order chi connectivity index (χ0) is 28.7. The summed E-state index contributed by atoms with van der Waals surface area (Å²) in [6.07, 6.45) is 1.92. The molecule has 0 saturated heterocycles. The number of allylic oxidation sites excluding steroid dienone is 1. The number of carbonyl (C=O) groups excluding carboxylic acids is 2. The average molecular weight is 573 g/mol. The molecule has 41 heavy (non-hydrogen) atoms. The Balaban J connectivity index is 1.88. The zero-order valence-corrected chi connectivity index (χ0v) is 24.7. The molecule has 0 aromatic heterocycles. The number of rotatable bonds is 9. The van der Waals surface area contributed by atoms with Crippen LogP contribution in [0.25, 0.3) is 0 Å². The molecule has 1 amide bonds. The molecule has 0 aliphatic heterocycles. The lowest BCUT2D eigenvalue weighted by Crippen LogP contribution is -2.37. The predicted molar refractivity (Wildman–Crippen MR) is 175 cm³/mol. The summed E-state index contributed by atoms with van der Waals surface area (Å²) in [5, 5.41) is 7.43. The third-order valence-electron chi connectivity index (χ3n) is 6.98. The summed E-state index contributed by atoms with van der Waals surface area (Å²) in [5.41, 5.74) is 2.19. The quantitative estimate of drug-likeness (QED) is 0.116. The van der Waals surface area contributed by atoms with Crippen LogP contribution in [-0.4, -0.2) is 17.9 Å². The Morgan fingerprint density at radius 2 is 0.976 bits per heavy atom. The molecule has 5 heteroatoms. The smallest absolute Gasteiger partial charge is 0.256 e. The van der Waals surface area contributed by atoms with Gasteiger partial charge in [-0.3, -0.25) is 9.59 Å². The lowest BCUT2D eigenvalue weighted by molar-refractivity contribution is 0.0968. The second kappa shape index (κ2) is 13.0. The molecule has 0 aliphatic rings. The van der Waals surface area contributed by atoms with E-state index in [1.165, 1.54) is 11.8 Å². The maximum atomic E-state index is 14.9. The number of carbonyl (C=O) groups is 2. The Hall–Kier alpha value is -4.24. The second-order valence-electron chi connectivity index (χ2n) is 9.57. The Bertz CT molecular complexity index is 1560. The molecule has 0 fully saturated rings. The summed E-state index contributed by atoms with van der Waals surface area (Å²) in [4.78, 5) is 28.5. The van der Waals surface area contributed by atoms with Crippen molar-refractivity contribution in [2.45, 2.75) is 6.92 Å². The van der Waals surface area contributed by atoms with Crippen LogP contribution in [0.2, 0.25) is 0 Å². The van der Waals surface area contributed by atoms with E-state index in [1.807, 2.05) is 122 Å². The molecular formula is C36H31NO2PS+. The SMILES string of the molecule is CSC(NC(=O)c1ccc(C)cc1)=C(C(=O)c1ccccc1)[P+](c1ccccc1)(c1ccccc1)c1ccccc1. The molecule has 0 atom stereocenters. The minimum absolute atomic E-state index is 0.107. The lowest BCUT2D eigenvalue weighted by atomic mass is 10.1. The fraction of sp³-hybridized carbons (Fsp3) is 0.0556. The number of benzene rings is 5. The molecule has 0 unspecified atom stereocenters. The standard InChI is InChI=1S/C36H30NO2PS/c1-27-23-25-29(26-24-27)35(39)37-36(41-2)34(33(38)28-15-7-3-8-16-28)40(30-17-9-4-10-18-30,31-19-11-5-12-20-31)32-21-13-6-14-22-32/h3-26H,1-2H3/p+1. The van der Waals surface area contributed by atoms with Crippen molar-refractivity contribution in [3.8, 4) is 0 Å². The van der Waals surface area contributed by atoms with E-state index < -0.39 is 7.26 Å². The fourth-order valence-corrected chi connectivity index (χ4v) is 10.5. The summed E-state index contributed by atoms with van der Waals surface area (Å²) in [6.45, 7) is 1.99. The first-order chi connectivity index (χ1) is 20.1. The summed E-state index contributed by atoms with van der Waals surface area (Å²) in [5.74, 6) is -0.357. The minimum Gasteiger partial charge on any atom is -0.313 e. The van der Waals surface area contributed by atoms with Crippen molar-refractivity contribution in [3.63, 3.8) is 0 Å². The van der Waals surface area contributed by atoms with Gasteiger partial charge < -0.3 is 5.32 Å². The fourth-order valence-electron chi connectivity index (χ4n) is 5.01. The van der Waals surface area contributed by atoms with Crippen molar-refractivity contribution in [1.82, 2.24) is 5.32 Å². The van der Waals surface area contributed by atoms with Gasteiger partial charge in [0.05, 0.1) is 0 Å². The molecule has 5 aromatic carbocycles. The Kier molecular flexibility index (Phi) is 8.94. The Labute approximate surface area is 246 Å². The maximum absolute atomic E-state index is 14.9. The highest BCUT2D eigenvalue weighted by Gasteiger charge is 2.54. The van der Waals surface area contributed by atoms with E-state index in [9.17, 15) is 9.59 Å². The highest BCUT2D eigenvalue weighted by atomic mass is 32.2. The molecule has 0 aliphatic carbocycles. The van der Waals surface area contributed by atoms with Crippen LogP contribution in [0.15, 0.2) is 156 Å². The molecule has 3 nitrogen and oxygen atoms in total. The van der Waals surface area contributed by atoms with Gasteiger partial charge in [-0.15, -0.1) is 11.8 Å². The summed E-state index contributed by atoms with van der Waals surface area (Å²) >= 11 is 1.39. The van der Waals surface area contributed by atoms with Crippen LogP contribution >= 0.6 is 19.0 Å². The molecule has 0 spiro atoms. The molecule has 0 saturated carbocycles. The van der Waals surface area contributed by atoms with Crippen molar-refractivity contribution in [3.05, 3.63) is 173 Å². The zero-order valence-electron chi connectivity index (χ0n) is 23.0. The number of Topliss-reactive ketones (excluding diaryl/α,β-unsaturated/α-hetero) is 1. The highest BCUT2D eigenvalue weighted by molar-refractivity contribution is 8.05. The Morgan fingerprint density at radius 3 is 1.39 bits per heavy atom. The van der Waals surface area contributed by atoms with Gasteiger partial charge >= 0.3 is 0 Å². The molecule has 202 valence electrons. The van der Waals surface area contributed by atoms with Gasteiger partial charge in [0.25, 0.3) is 5.91 Å². The number of hydrogen-bond donors (Lipinski definition) is 1. The van der Waals surface area contributed by atoms with E-state index in [-0.39, 0.29) is 11.7 Å². The normalized spacial score (nSPS) is 11.9. The van der Waals surface area contributed by atoms with E-state index in [0.29, 0.717) is 21.5 Å². The number of ketones is 1. The van der Waals surface area contributed by atoms with Crippen molar-refractivity contribution in [2.75, 3.05) is 6.26 Å². The third kappa shape index (κ3) is 5.81. The number of amides is 1. The largest absolute Gasteiger partial charge is 0.313 e. The van der Waals surface area contributed by atoms with Crippen LogP contribution < -0.4 is 21.2 Å². The van der Waals surface area contributed by atoms with Crippen LogP contribution in [0, 0.1) is 6.92 Å². The van der Waals surface area contributed by atoms with Gasteiger partial charge in [-0.05, 0) is 61.7 Å². The number of hydrogen-bond acceptors (Lipinski definition) is 3. The maximum Gasteiger partial charge on any atom is 0.256 e. The molecule has 0 bridgehead atoms. The molecule has 5 rings (SSSR count). The highest BCUT2D eigenvalue weighted by Crippen LogP contribution is 2.64. The van der Waals surface area contributed by atoms with Crippen LogP contribution in [0.5, 0.6) is 0 Å². The third-order valence-corrected chi connectivity index (χ3v) is 12.2. The van der Waals surface area contributed by atoms with Gasteiger partial charge in [0.1, 0.15) is 20.9 Å². The van der Waals surface area contributed by atoms with Gasteiger partial charge in [0.15, 0.2) is 12.6 Å². The van der Waals surface area contributed by atoms with E-state index in [0.717, 1.165) is 21.5 Å². The molecule has 5 aromatic rings.